The summed E-state index contributed by atoms with van der Waals surface area (Å²) in [6, 6.07) is 14.3. The Kier molecular flexibility index (Phi) is 9.94. The molecule has 11 heteroatoms. The lowest BCUT2D eigenvalue weighted by Gasteiger charge is -2.38. The van der Waals surface area contributed by atoms with Crippen LogP contribution in [0.5, 0.6) is 11.5 Å². The number of nitrogens with zero attached hydrogens (tertiary/aromatic N) is 3. The van der Waals surface area contributed by atoms with Gasteiger partial charge in [-0.05, 0) is 49.8 Å². The summed E-state index contributed by atoms with van der Waals surface area (Å²) in [6.45, 7) is 4.92. The average molecular weight is 620 g/mol. The maximum Gasteiger partial charge on any atom is 0.338 e. The molecule has 3 aliphatic rings. The van der Waals surface area contributed by atoms with Crippen molar-refractivity contribution >= 4 is 40.5 Å². The van der Waals surface area contributed by atoms with Gasteiger partial charge in [0.1, 0.15) is 11.5 Å². The van der Waals surface area contributed by atoms with Gasteiger partial charge in [-0.3, -0.25) is 9.59 Å². The van der Waals surface area contributed by atoms with Gasteiger partial charge in [-0.2, -0.15) is 0 Å². The minimum Gasteiger partial charge on any atom is -0.497 e. The topological polar surface area (TPSA) is 107 Å². The number of aliphatic imine (C=N–C) groups is 1. The number of thioether (sulfide) groups is 1. The van der Waals surface area contributed by atoms with Crippen molar-refractivity contribution < 1.29 is 33.3 Å². The van der Waals surface area contributed by atoms with E-state index in [2.05, 4.69) is 0 Å². The maximum atomic E-state index is 13.8. The molecule has 10 nitrogen and oxygen atoms in total. The van der Waals surface area contributed by atoms with Crippen molar-refractivity contribution in [3.05, 3.63) is 76.3 Å². The van der Waals surface area contributed by atoms with Gasteiger partial charge in [0, 0.05) is 30.4 Å². The lowest BCUT2D eigenvalue weighted by atomic mass is 9.91. The fourth-order valence-electron chi connectivity index (χ4n) is 5.71. The molecule has 44 heavy (non-hydrogen) atoms. The van der Waals surface area contributed by atoms with Crippen molar-refractivity contribution in [2.24, 2.45) is 10.9 Å². The number of benzene rings is 2. The Morgan fingerprint density at radius 3 is 2.34 bits per heavy atom. The van der Waals surface area contributed by atoms with E-state index in [0.717, 1.165) is 12.0 Å². The number of carbonyl (C=O) groups is 3. The van der Waals surface area contributed by atoms with Gasteiger partial charge in [-0.25, -0.2) is 9.79 Å². The summed E-state index contributed by atoms with van der Waals surface area (Å²) < 4.78 is 22.0. The summed E-state index contributed by atoms with van der Waals surface area (Å²) in [5, 5.41) is 2.54. The number of methoxy groups -OCH3 is 2. The van der Waals surface area contributed by atoms with Gasteiger partial charge < -0.3 is 28.7 Å². The first-order chi connectivity index (χ1) is 21.4. The molecule has 0 aliphatic carbocycles. The van der Waals surface area contributed by atoms with Gasteiger partial charge in [0.25, 0.3) is 0 Å². The average Bonchev–Trinajstić information content (AvgIpc) is 3.46. The molecule has 3 heterocycles. The molecule has 0 saturated carbocycles. The van der Waals surface area contributed by atoms with Crippen LogP contribution in [0.1, 0.15) is 50.3 Å². The zero-order valence-corrected chi connectivity index (χ0v) is 26.2. The largest absolute Gasteiger partial charge is 0.497 e. The Morgan fingerprint density at radius 2 is 1.68 bits per heavy atom. The lowest BCUT2D eigenvalue weighted by molar-refractivity contribution is -0.151. The minimum atomic E-state index is -0.691. The molecular formula is C33H37N3O7S. The van der Waals surface area contributed by atoms with E-state index in [1.807, 2.05) is 52.8 Å². The second kappa shape index (κ2) is 14.0. The summed E-state index contributed by atoms with van der Waals surface area (Å²) >= 11 is 1.40. The minimum absolute atomic E-state index is 0.0654. The molecule has 0 unspecified atom stereocenters. The van der Waals surface area contributed by atoms with Crippen molar-refractivity contribution in [1.29, 1.82) is 0 Å². The summed E-state index contributed by atoms with van der Waals surface area (Å²) in [6.07, 6.45) is 1.48. The quantitative estimate of drug-likeness (QED) is 0.333. The molecule has 2 aromatic carbocycles. The number of likely N-dealkylation sites (tertiary alicyclic amines) is 1. The normalized spacial score (nSPS) is 19.5. The van der Waals surface area contributed by atoms with Crippen LogP contribution in [0.4, 0.5) is 0 Å². The zero-order chi connectivity index (χ0) is 31.2. The molecule has 1 saturated heterocycles. The summed E-state index contributed by atoms with van der Waals surface area (Å²) in [5.74, 6) is -0.105. The van der Waals surface area contributed by atoms with E-state index in [0.29, 0.717) is 65.3 Å². The highest BCUT2D eigenvalue weighted by Crippen LogP contribution is 2.48. The van der Waals surface area contributed by atoms with Crippen LogP contribution in [0.2, 0.25) is 0 Å². The monoisotopic (exact) mass is 619 g/mol. The fourth-order valence-corrected chi connectivity index (χ4v) is 6.63. The third kappa shape index (κ3) is 6.47. The fraction of sp³-hybridized carbons (Fsp3) is 0.394. The van der Waals surface area contributed by atoms with Gasteiger partial charge in [0.15, 0.2) is 5.17 Å². The van der Waals surface area contributed by atoms with Gasteiger partial charge in [0.2, 0.25) is 5.91 Å². The van der Waals surface area contributed by atoms with Crippen LogP contribution in [0.3, 0.4) is 0 Å². The Hall–Kier alpha value is -4.25. The van der Waals surface area contributed by atoms with Crippen molar-refractivity contribution in [3.63, 3.8) is 0 Å². The van der Waals surface area contributed by atoms with Crippen LogP contribution in [0.15, 0.2) is 70.2 Å². The van der Waals surface area contributed by atoms with Crippen LogP contribution in [-0.4, -0.2) is 73.3 Å². The van der Waals surface area contributed by atoms with E-state index in [1.165, 1.54) is 11.8 Å². The second-order valence-corrected chi connectivity index (χ2v) is 11.3. The molecule has 2 atom stereocenters. The third-order valence-electron chi connectivity index (χ3n) is 7.77. The Labute approximate surface area is 261 Å². The molecule has 5 rings (SSSR count). The molecule has 1 fully saturated rings. The number of hydrogen-bond donors (Lipinski definition) is 0. The Morgan fingerprint density at radius 1 is 0.977 bits per heavy atom. The van der Waals surface area contributed by atoms with Crippen LogP contribution in [0, 0.1) is 5.92 Å². The predicted molar refractivity (Wildman–Crippen MR) is 168 cm³/mol. The van der Waals surface area contributed by atoms with Crippen LogP contribution in [0.25, 0.3) is 5.70 Å². The number of amidine groups is 1. The number of ether oxygens (including phenoxy) is 4. The van der Waals surface area contributed by atoms with Gasteiger partial charge in [-0.15, -0.1) is 0 Å². The maximum absolute atomic E-state index is 13.8. The number of hydrogen-bond acceptors (Lipinski definition) is 10. The first-order valence-electron chi connectivity index (χ1n) is 14.8. The second-order valence-electron chi connectivity index (χ2n) is 10.5. The van der Waals surface area contributed by atoms with Gasteiger partial charge >= 0.3 is 11.9 Å². The highest BCUT2D eigenvalue weighted by molar-refractivity contribution is 8.16. The number of amides is 1. The van der Waals surface area contributed by atoms with Crippen LogP contribution in [-0.2, 0) is 23.9 Å². The molecule has 0 N–H and O–H groups in total. The Balaban J connectivity index is 1.56. The Bertz CT molecular complexity index is 1480. The van der Waals surface area contributed by atoms with Crippen molar-refractivity contribution in [3.8, 4) is 11.5 Å². The van der Waals surface area contributed by atoms with Crippen LogP contribution >= 0.6 is 11.8 Å². The molecular weight excluding hydrogens is 582 g/mol. The van der Waals surface area contributed by atoms with E-state index in [-0.39, 0.29) is 30.8 Å². The predicted octanol–water partition coefficient (Wildman–Crippen LogP) is 5.17. The SMILES string of the molecule is CCOC(=O)C1=C(c2ccccc2)N=C2SC=C(CC(=O)N3CCC[C@@H](C(=O)OCC)C3)N2[C@H]1c1cc(OC)cc(OC)c1. The number of fused-ring (bicyclic) bond motifs is 1. The van der Waals surface area contributed by atoms with Crippen molar-refractivity contribution in [2.75, 3.05) is 40.5 Å². The smallest absolute Gasteiger partial charge is 0.338 e. The summed E-state index contributed by atoms with van der Waals surface area (Å²) in [7, 11) is 3.14. The molecule has 232 valence electrons. The molecule has 2 aromatic rings. The first-order valence-corrected chi connectivity index (χ1v) is 15.6. The molecule has 0 radical (unpaired) electrons. The molecule has 0 bridgehead atoms. The number of carbonyl (C=O) groups excluding carboxylic acids is 3. The molecule has 0 aromatic heterocycles. The molecule has 0 spiro atoms. The van der Waals surface area contributed by atoms with E-state index in [4.69, 9.17) is 23.9 Å². The van der Waals surface area contributed by atoms with E-state index >= 15 is 0 Å². The van der Waals surface area contributed by atoms with Gasteiger partial charge in [-0.1, -0.05) is 42.1 Å². The number of esters is 2. The molecule has 1 amide bonds. The van der Waals surface area contributed by atoms with Crippen LogP contribution < -0.4 is 9.47 Å². The van der Waals surface area contributed by atoms with Crippen molar-refractivity contribution in [2.45, 2.75) is 39.2 Å². The summed E-state index contributed by atoms with van der Waals surface area (Å²) in [4.78, 5) is 48.6. The highest BCUT2D eigenvalue weighted by atomic mass is 32.2. The lowest BCUT2D eigenvalue weighted by Crippen LogP contribution is -2.44. The first kappa shape index (κ1) is 31.2. The number of rotatable bonds is 10. The van der Waals surface area contributed by atoms with E-state index in [1.54, 1.807) is 39.0 Å². The standard InChI is InChI=1S/C33H37N3O7S/c1-5-42-31(38)22-13-10-14-35(19-22)27(37)17-24-20-44-33-34-29(21-11-8-7-9-12-21)28(32(39)43-6-2)30(36(24)33)23-15-25(40-3)18-26(16-23)41-4/h7-9,11-12,15-16,18,20,22,30H,5-6,10,13-14,17,19H2,1-4H3/t22-,30+/m1/s1. The third-order valence-corrected chi connectivity index (χ3v) is 8.66. The van der Waals surface area contributed by atoms with Gasteiger partial charge in [0.05, 0.1) is 57.1 Å². The van der Waals surface area contributed by atoms with E-state index < -0.39 is 12.0 Å². The number of piperidine rings is 1. The molecule has 3 aliphatic heterocycles. The summed E-state index contributed by atoms with van der Waals surface area (Å²) in [5.41, 5.74) is 3.03. The van der Waals surface area contributed by atoms with Crippen molar-refractivity contribution in [1.82, 2.24) is 9.80 Å². The van der Waals surface area contributed by atoms with E-state index in [9.17, 15) is 14.4 Å². The highest BCUT2D eigenvalue weighted by Gasteiger charge is 2.43. The zero-order valence-electron chi connectivity index (χ0n) is 25.4.